The van der Waals surface area contributed by atoms with Crippen molar-refractivity contribution in [3.63, 3.8) is 0 Å². The third-order valence-corrected chi connectivity index (χ3v) is 9.36. The molecule has 0 N–H and O–H groups in total. The Balaban J connectivity index is 0.000000230. The Morgan fingerprint density at radius 2 is 1.46 bits per heavy atom. The van der Waals surface area contributed by atoms with Gasteiger partial charge in [-0.25, -0.2) is 0 Å². The van der Waals surface area contributed by atoms with Gasteiger partial charge in [-0.15, -0.1) is 54.1 Å². The minimum Gasteiger partial charge on any atom is -0.501 e. The predicted molar refractivity (Wildman–Crippen MR) is 213 cm³/mol. The fourth-order valence-electron chi connectivity index (χ4n) is 6.63. The molecule has 0 amide bonds. The molecule has 0 unspecified atom stereocenters. The molecule has 1 radical (unpaired) electrons. The fourth-order valence-corrected chi connectivity index (χ4v) is 6.63. The van der Waals surface area contributed by atoms with Crippen LogP contribution in [0.5, 0.6) is 0 Å². The van der Waals surface area contributed by atoms with Crippen LogP contribution in [0, 0.1) is 25.8 Å². The van der Waals surface area contributed by atoms with E-state index in [1.54, 1.807) is 24.3 Å². The van der Waals surface area contributed by atoms with Gasteiger partial charge in [-0.3, -0.25) is 4.98 Å². The second-order valence-electron chi connectivity index (χ2n) is 13.9. The largest absolute Gasteiger partial charge is 0.501 e. The summed E-state index contributed by atoms with van der Waals surface area (Å²) in [4.78, 5) is 9.25. The average Bonchev–Trinajstić information content (AvgIpc) is 3.75. The van der Waals surface area contributed by atoms with E-state index in [9.17, 15) is 0 Å². The molecule has 0 aliphatic carbocycles. The number of nitrogens with zero attached hydrogens (tertiary/aromatic N) is 3. The van der Waals surface area contributed by atoms with E-state index in [0.717, 1.165) is 50.6 Å². The van der Waals surface area contributed by atoms with Gasteiger partial charge in [0.25, 0.3) is 0 Å². The Labute approximate surface area is 329 Å². The van der Waals surface area contributed by atoms with Crippen molar-refractivity contribution in [2.45, 2.75) is 73.0 Å². The van der Waals surface area contributed by atoms with Crippen molar-refractivity contribution in [3.05, 3.63) is 149 Å². The molecule has 0 saturated heterocycles. The van der Waals surface area contributed by atoms with E-state index in [1.165, 1.54) is 28.4 Å². The molecule has 0 atom stereocenters. The Kier molecular flexibility index (Phi) is 8.81. The summed E-state index contributed by atoms with van der Waals surface area (Å²) in [6.45, 7) is 8.47. The van der Waals surface area contributed by atoms with E-state index in [1.807, 2.05) is 6.07 Å². The summed E-state index contributed by atoms with van der Waals surface area (Å²) in [7, 11) is 0. The molecule has 5 heteroatoms. The molecule has 8 rings (SSSR count). The van der Waals surface area contributed by atoms with Crippen LogP contribution in [0.3, 0.4) is 0 Å². The van der Waals surface area contributed by atoms with Gasteiger partial charge in [0, 0.05) is 45.6 Å². The SMILES string of the molecule is CC(C)c1ccc2c(c1)oc1c(-c3nc4ccccc4n3-c3c(C(C)C)cccc3C(C)C)[c-]ccc12.[2H]C([2H])([2H])c1cnc(-c2[c-]cccc2)cc1C([2H])([2H])[2H].[Ir]. The van der Waals surface area contributed by atoms with Gasteiger partial charge in [0.1, 0.15) is 5.58 Å². The normalized spacial score (nSPS) is 13.6. The molecular formula is C47H45IrN3O-2. The fraction of sp³-hybridized carbons (Fsp3) is 0.234. The molecule has 8 aromatic rings. The van der Waals surface area contributed by atoms with Crippen LogP contribution in [-0.4, -0.2) is 14.5 Å². The summed E-state index contributed by atoms with van der Waals surface area (Å²) >= 11 is 0. The summed E-state index contributed by atoms with van der Waals surface area (Å²) in [5, 5.41) is 2.22. The number of hydrogen-bond acceptors (Lipinski definition) is 3. The Morgan fingerprint density at radius 3 is 2.15 bits per heavy atom. The number of para-hydroxylation sites is 3. The molecule has 5 aromatic carbocycles. The third-order valence-electron chi connectivity index (χ3n) is 9.36. The smallest absolute Gasteiger partial charge is 0.121 e. The quantitative estimate of drug-likeness (QED) is 0.156. The second-order valence-corrected chi connectivity index (χ2v) is 13.9. The van der Waals surface area contributed by atoms with Crippen LogP contribution < -0.4 is 0 Å². The molecule has 265 valence electrons. The topological polar surface area (TPSA) is 43.9 Å². The Hall–Kier alpha value is -4.83. The van der Waals surface area contributed by atoms with Crippen LogP contribution >= 0.6 is 0 Å². The van der Waals surface area contributed by atoms with Crippen molar-refractivity contribution in [3.8, 4) is 28.3 Å². The van der Waals surface area contributed by atoms with Gasteiger partial charge < -0.3 is 14.0 Å². The van der Waals surface area contributed by atoms with Crippen molar-refractivity contribution >= 4 is 33.0 Å². The number of aromatic nitrogens is 3. The molecule has 52 heavy (non-hydrogen) atoms. The molecule has 0 saturated carbocycles. The number of fused-ring (bicyclic) bond motifs is 4. The van der Waals surface area contributed by atoms with E-state index >= 15 is 0 Å². The zero-order chi connectivity index (χ0) is 40.8. The van der Waals surface area contributed by atoms with Gasteiger partial charge in [-0.2, -0.15) is 0 Å². The maximum Gasteiger partial charge on any atom is 0.121 e. The van der Waals surface area contributed by atoms with Crippen molar-refractivity contribution in [2.24, 2.45) is 0 Å². The monoisotopic (exact) mass is 866 g/mol. The summed E-state index contributed by atoms with van der Waals surface area (Å²) in [6, 6.07) is 40.5. The summed E-state index contributed by atoms with van der Waals surface area (Å²) in [5.74, 6) is 2.03. The first-order valence-electron chi connectivity index (χ1n) is 20.5. The first kappa shape index (κ1) is 29.7. The number of benzene rings is 5. The second kappa shape index (κ2) is 15.4. The summed E-state index contributed by atoms with van der Waals surface area (Å²) in [6.07, 6.45) is 1.12. The van der Waals surface area contributed by atoms with Crippen LogP contribution in [0.4, 0.5) is 0 Å². The molecular weight excluding hydrogens is 815 g/mol. The zero-order valence-electron chi connectivity index (χ0n) is 36.2. The molecule has 3 aromatic heterocycles. The van der Waals surface area contributed by atoms with Gasteiger partial charge in [0.2, 0.25) is 0 Å². The van der Waals surface area contributed by atoms with E-state index < -0.39 is 13.7 Å². The number of rotatable bonds is 6. The van der Waals surface area contributed by atoms with Crippen LogP contribution in [0.1, 0.15) is 95.3 Å². The van der Waals surface area contributed by atoms with E-state index in [2.05, 4.69) is 130 Å². The van der Waals surface area contributed by atoms with E-state index in [4.69, 9.17) is 17.6 Å². The van der Waals surface area contributed by atoms with Crippen molar-refractivity contribution in [2.75, 3.05) is 0 Å². The van der Waals surface area contributed by atoms with Crippen molar-refractivity contribution < 1.29 is 32.7 Å². The molecule has 4 nitrogen and oxygen atoms in total. The zero-order valence-corrected chi connectivity index (χ0v) is 32.6. The molecule has 0 aliphatic rings. The average molecular weight is 866 g/mol. The van der Waals surface area contributed by atoms with E-state index in [-0.39, 0.29) is 31.2 Å². The standard InChI is InChI=1S/C34H33N2O.C13H12N.Ir/c1-20(2)23-17-18-26-27-13-10-14-28(33(27)37-31(26)19-23)34-35-29-15-7-8-16-30(29)36(34)32-24(21(3)4)11-9-12-25(32)22(5)6;1-10-8-13(14-9-11(10)2)12-6-4-3-5-7-12;/h7-13,15-22H,1-6H3;3-6,8-9H,1-2H3;/q2*-1;/i;1D3,2D3;. The number of imidazole rings is 1. The van der Waals surface area contributed by atoms with Crippen LogP contribution in [0.2, 0.25) is 0 Å². The third kappa shape index (κ3) is 7.00. The van der Waals surface area contributed by atoms with Crippen LogP contribution in [-0.2, 0) is 20.1 Å². The first-order chi connectivity index (χ1) is 27.0. The molecule has 0 fully saturated rings. The maximum absolute atomic E-state index is 7.50. The van der Waals surface area contributed by atoms with Crippen molar-refractivity contribution in [1.29, 1.82) is 0 Å². The van der Waals surface area contributed by atoms with Gasteiger partial charge in [-0.05, 0) is 77.6 Å². The van der Waals surface area contributed by atoms with Gasteiger partial charge in [0.15, 0.2) is 0 Å². The summed E-state index contributed by atoms with van der Waals surface area (Å²) < 4.78 is 53.6. The first-order valence-corrected chi connectivity index (χ1v) is 17.5. The Bertz CT molecular complexity index is 2680. The minimum absolute atomic E-state index is 0. The molecule has 0 spiro atoms. The summed E-state index contributed by atoms with van der Waals surface area (Å²) in [5.41, 5.74) is 10.4. The minimum atomic E-state index is -2.50. The number of furan rings is 1. The van der Waals surface area contributed by atoms with Crippen LogP contribution in [0.25, 0.3) is 61.3 Å². The number of pyridine rings is 1. The molecule has 0 bridgehead atoms. The van der Waals surface area contributed by atoms with Crippen molar-refractivity contribution in [1.82, 2.24) is 14.5 Å². The predicted octanol–water partition coefficient (Wildman–Crippen LogP) is 12.9. The number of hydrogen-bond donors (Lipinski definition) is 0. The van der Waals surface area contributed by atoms with Gasteiger partial charge in [-0.1, -0.05) is 107 Å². The Morgan fingerprint density at radius 1 is 0.712 bits per heavy atom. The molecule has 3 heterocycles. The maximum atomic E-state index is 7.50. The number of aryl methyl sites for hydroxylation is 2. The van der Waals surface area contributed by atoms with Gasteiger partial charge in [0.05, 0.1) is 22.4 Å². The van der Waals surface area contributed by atoms with E-state index in [0.29, 0.717) is 29.0 Å². The van der Waals surface area contributed by atoms with Gasteiger partial charge >= 0.3 is 0 Å². The van der Waals surface area contributed by atoms with Crippen LogP contribution in [0.15, 0.2) is 114 Å². The molecule has 0 aliphatic heterocycles.